The predicted octanol–water partition coefficient (Wildman–Crippen LogP) is 0.174. The van der Waals surface area contributed by atoms with Crippen LogP contribution >= 0.6 is 0 Å². The van der Waals surface area contributed by atoms with Crippen molar-refractivity contribution in [2.75, 3.05) is 45.2 Å². The van der Waals surface area contributed by atoms with Gasteiger partial charge >= 0.3 is 5.95 Å². The molecule has 0 spiro atoms. The molecule has 0 unspecified atom stereocenters. The van der Waals surface area contributed by atoms with E-state index in [2.05, 4.69) is 16.7 Å². The molecule has 7 heteroatoms. The van der Waals surface area contributed by atoms with Crippen LogP contribution in [-0.2, 0) is 17.8 Å². The lowest BCUT2D eigenvalue weighted by atomic mass is 10.2. The minimum absolute atomic E-state index is 0.215. The average Bonchev–Trinajstić information content (AvgIpc) is 3.03. The highest BCUT2D eigenvalue weighted by molar-refractivity contribution is 5.73. The summed E-state index contributed by atoms with van der Waals surface area (Å²) < 4.78 is 15.4. The molecule has 0 saturated carbocycles. The third-order valence-electron chi connectivity index (χ3n) is 5.76. The van der Waals surface area contributed by atoms with Crippen LogP contribution in [0.4, 0.5) is 5.95 Å². The molecule has 2 aromatic carbocycles. The van der Waals surface area contributed by atoms with Crippen molar-refractivity contribution in [1.82, 2.24) is 4.57 Å². The van der Waals surface area contributed by atoms with Crippen LogP contribution in [0.25, 0.3) is 11.0 Å². The highest BCUT2D eigenvalue weighted by atomic mass is 16.5. The Balaban J connectivity index is 1.46. The molecule has 1 aliphatic heterocycles. The zero-order valence-electron chi connectivity index (χ0n) is 17.6. The van der Waals surface area contributed by atoms with Gasteiger partial charge in [0.2, 0.25) is 0 Å². The van der Waals surface area contributed by atoms with Crippen LogP contribution in [0.5, 0.6) is 5.75 Å². The highest BCUT2D eigenvalue weighted by Crippen LogP contribution is 2.16. The van der Waals surface area contributed by atoms with Gasteiger partial charge in [0, 0.05) is 0 Å². The van der Waals surface area contributed by atoms with Crippen LogP contribution in [0.15, 0.2) is 48.5 Å². The zero-order valence-corrected chi connectivity index (χ0v) is 17.6. The molecule has 2 heterocycles. The van der Waals surface area contributed by atoms with Gasteiger partial charge in [-0.15, -0.1) is 0 Å². The number of para-hydroxylation sites is 2. The van der Waals surface area contributed by atoms with Crippen molar-refractivity contribution in [3.63, 3.8) is 0 Å². The van der Waals surface area contributed by atoms with Crippen LogP contribution < -0.4 is 19.9 Å². The number of ether oxygens (including phenoxy) is 2. The molecule has 1 atom stereocenters. The Bertz CT molecular complexity index is 964. The number of quaternary nitrogens is 1. The first kappa shape index (κ1) is 20.7. The van der Waals surface area contributed by atoms with E-state index in [0.29, 0.717) is 12.5 Å². The number of nitrogens with one attached hydrogen (secondary N) is 1. The van der Waals surface area contributed by atoms with Gasteiger partial charge in [0.25, 0.3) is 0 Å². The maximum absolute atomic E-state index is 10.6. The second kappa shape index (κ2) is 9.47. The molecule has 0 bridgehead atoms. The van der Waals surface area contributed by atoms with Gasteiger partial charge in [-0.3, -0.25) is 5.73 Å². The first-order valence-corrected chi connectivity index (χ1v) is 10.7. The monoisotopic (exact) mass is 412 g/mol. The maximum atomic E-state index is 10.6. The Hall–Kier alpha value is -2.61. The topological polar surface area (TPSA) is 78.0 Å². The molecule has 1 saturated heterocycles. The molecule has 0 radical (unpaired) electrons. The van der Waals surface area contributed by atoms with Crippen molar-refractivity contribution in [3.05, 3.63) is 54.1 Å². The number of aliphatic hydroxyl groups is 1. The standard InChI is InChI=1S/C23H30N4O3/c1-18-6-8-20(9-7-18)30-17-19(28)16-27-22-5-3-2-4-21(22)26(23(27)24)11-10-25-12-14-29-15-13-25/h2-9,19,24,28H,10-17H2,1H3/p+2/t19-/m1/s1. The van der Waals surface area contributed by atoms with Gasteiger partial charge in [0.15, 0.2) is 0 Å². The fraction of sp³-hybridized carbons (Fsp3) is 0.435. The minimum Gasteiger partial charge on any atom is -0.491 e. The highest BCUT2D eigenvalue weighted by Gasteiger charge is 2.24. The van der Waals surface area contributed by atoms with Crippen LogP contribution in [0, 0.1) is 6.92 Å². The molecule has 4 rings (SSSR count). The molecular formula is C23H32N4O3+2. The van der Waals surface area contributed by atoms with Gasteiger partial charge in [-0.1, -0.05) is 29.8 Å². The first-order valence-electron chi connectivity index (χ1n) is 10.7. The number of nitrogens with zero attached hydrogens (tertiary/aromatic N) is 2. The summed E-state index contributed by atoms with van der Waals surface area (Å²) in [6.45, 7) is 8.20. The molecule has 1 aromatic heterocycles. The lowest BCUT2D eigenvalue weighted by Crippen LogP contribution is -3.14. The van der Waals surface area contributed by atoms with Gasteiger partial charge in [0.05, 0.1) is 13.2 Å². The van der Waals surface area contributed by atoms with Crippen molar-refractivity contribution >= 4 is 17.0 Å². The summed E-state index contributed by atoms with van der Waals surface area (Å²) >= 11 is 0. The third kappa shape index (κ3) is 4.75. The summed E-state index contributed by atoms with van der Waals surface area (Å²) in [5, 5.41) is 10.6. The number of fused-ring (bicyclic) bond motifs is 1. The van der Waals surface area contributed by atoms with E-state index in [1.807, 2.05) is 47.9 Å². The summed E-state index contributed by atoms with van der Waals surface area (Å²) in [5.74, 6) is 1.42. The summed E-state index contributed by atoms with van der Waals surface area (Å²) in [6.07, 6.45) is -0.664. The van der Waals surface area contributed by atoms with Crippen molar-refractivity contribution < 1.29 is 24.0 Å². The second-order valence-corrected chi connectivity index (χ2v) is 8.00. The van der Waals surface area contributed by atoms with E-state index >= 15 is 0 Å². The van der Waals surface area contributed by atoms with E-state index in [4.69, 9.17) is 15.2 Å². The number of hydrogen-bond acceptors (Lipinski definition) is 4. The Morgan fingerprint density at radius 3 is 2.67 bits per heavy atom. The van der Waals surface area contributed by atoms with Crippen LogP contribution in [0.3, 0.4) is 0 Å². The summed E-state index contributed by atoms with van der Waals surface area (Å²) in [5.41, 5.74) is 9.84. The molecule has 7 nitrogen and oxygen atoms in total. The molecule has 4 N–H and O–H groups in total. The van der Waals surface area contributed by atoms with Crippen molar-refractivity contribution in [1.29, 1.82) is 0 Å². The van der Waals surface area contributed by atoms with E-state index in [9.17, 15) is 5.11 Å². The summed E-state index contributed by atoms with van der Waals surface area (Å²) in [4.78, 5) is 1.54. The molecule has 30 heavy (non-hydrogen) atoms. The molecule has 160 valence electrons. The van der Waals surface area contributed by atoms with Gasteiger partial charge in [0.1, 0.15) is 62.2 Å². The first-order chi connectivity index (χ1) is 14.6. The van der Waals surface area contributed by atoms with Crippen LogP contribution in [0.1, 0.15) is 5.56 Å². The number of imidazole rings is 1. The smallest absolute Gasteiger partial charge is 0.356 e. The van der Waals surface area contributed by atoms with Gasteiger partial charge in [-0.05, 0) is 31.2 Å². The minimum atomic E-state index is -0.664. The van der Waals surface area contributed by atoms with E-state index in [1.165, 1.54) is 10.5 Å². The number of nitrogens with two attached hydrogens (primary N) is 1. The Morgan fingerprint density at radius 1 is 1.17 bits per heavy atom. The van der Waals surface area contributed by atoms with Gasteiger partial charge in [-0.2, -0.15) is 0 Å². The zero-order chi connectivity index (χ0) is 20.9. The lowest BCUT2D eigenvalue weighted by Gasteiger charge is -2.23. The molecule has 0 amide bonds. The van der Waals surface area contributed by atoms with E-state index < -0.39 is 6.10 Å². The molecule has 0 aliphatic carbocycles. The van der Waals surface area contributed by atoms with Crippen LogP contribution in [0.2, 0.25) is 0 Å². The van der Waals surface area contributed by atoms with E-state index in [0.717, 1.165) is 56.2 Å². The number of nitrogen functional groups attached to an aromatic ring is 1. The predicted molar refractivity (Wildman–Crippen MR) is 116 cm³/mol. The number of hydrogen-bond donors (Lipinski definition) is 3. The Kier molecular flexibility index (Phi) is 6.52. The number of benzene rings is 2. The fourth-order valence-corrected chi connectivity index (χ4v) is 4.01. The summed E-state index contributed by atoms with van der Waals surface area (Å²) in [7, 11) is 0. The molecular weight excluding hydrogens is 380 g/mol. The van der Waals surface area contributed by atoms with E-state index in [1.54, 1.807) is 0 Å². The Morgan fingerprint density at radius 2 is 1.90 bits per heavy atom. The number of aromatic nitrogens is 2. The fourth-order valence-electron chi connectivity index (χ4n) is 4.01. The molecule has 3 aromatic rings. The van der Waals surface area contributed by atoms with Crippen molar-refractivity contribution in [3.8, 4) is 5.75 Å². The maximum Gasteiger partial charge on any atom is 0.356 e. The van der Waals surface area contributed by atoms with Crippen molar-refractivity contribution in [2.24, 2.45) is 0 Å². The third-order valence-corrected chi connectivity index (χ3v) is 5.76. The number of anilines is 1. The SMILES string of the molecule is Cc1ccc(OC[C@H](O)C[n+]2c(N)n(CC[NH+]3CCOCC3)c3ccccc32)cc1. The lowest BCUT2D eigenvalue weighted by molar-refractivity contribution is -0.908. The molecule has 1 fully saturated rings. The number of morpholine rings is 1. The van der Waals surface area contributed by atoms with Crippen LogP contribution in [-0.4, -0.2) is 55.2 Å². The van der Waals surface area contributed by atoms with Gasteiger partial charge in [-0.25, -0.2) is 9.13 Å². The summed E-state index contributed by atoms with van der Waals surface area (Å²) in [6, 6.07) is 16.0. The Labute approximate surface area is 177 Å². The molecule has 1 aliphatic rings. The quantitative estimate of drug-likeness (QED) is 0.461. The second-order valence-electron chi connectivity index (χ2n) is 8.00. The van der Waals surface area contributed by atoms with E-state index in [-0.39, 0.29) is 6.61 Å². The number of aliphatic hydroxyl groups excluding tert-OH is 1. The number of rotatable bonds is 8. The number of aryl methyl sites for hydroxylation is 1. The van der Waals surface area contributed by atoms with Gasteiger partial charge < -0.3 is 19.5 Å². The van der Waals surface area contributed by atoms with Crippen molar-refractivity contribution in [2.45, 2.75) is 26.1 Å². The normalized spacial score (nSPS) is 16.1. The average molecular weight is 413 g/mol. The largest absolute Gasteiger partial charge is 0.491 e.